The predicted octanol–water partition coefficient (Wildman–Crippen LogP) is 1.42. The smallest absolute Gasteiger partial charge is 0.411 e. The number of amides is 1. The van der Waals surface area contributed by atoms with Gasteiger partial charge in [-0.05, 0) is 13.8 Å². The average Bonchev–Trinajstić information content (AvgIpc) is 2.67. The van der Waals surface area contributed by atoms with E-state index in [0.29, 0.717) is 5.70 Å². The van der Waals surface area contributed by atoms with Crippen LogP contribution in [0.25, 0.3) is 0 Å². The second kappa shape index (κ2) is 4.28. The number of carbonyl (C=O) groups is 1. The molecule has 74 valence electrons. The molecule has 1 amide bonds. The Labute approximate surface area is 77.9 Å². The summed E-state index contributed by atoms with van der Waals surface area (Å²) in [4.78, 5) is 11.0. The molecule has 1 heterocycles. The standard InChI is InChI=1S/C9H15NO3/c1-6(2)10-9(11)13-7(3)4-8-5-12-8/h7-8H,1,4-5H2,2-3H3,(H,10,11). The molecule has 4 nitrogen and oxygen atoms in total. The van der Waals surface area contributed by atoms with Crippen molar-refractivity contribution in [3.8, 4) is 0 Å². The number of hydrogen-bond acceptors (Lipinski definition) is 3. The number of carbonyl (C=O) groups excluding carboxylic acids is 1. The average molecular weight is 185 g/mol. The van der Waals surface area contributed by atoms with E-state index >= 15 is 0 Å². The number of epoxide rings is 1. The lowest BCUT2D eigenvalue weighted by Crippen LogP contribution is -2.26. The van der Waals surface area contributed by atoms with Gasteiger partial charge in [0, 0.05) is 12.1 Å². The Morgan fingerprint density at radius 1 is 1.85 bits per heavy atom. The van der Waals surface area contributed by atoms with Crippen molar-refractivity contribution in [3.63, 3.8) is 0 Å². The van der Waals surface area contributed by atoms with E-state index in [1.807, 2.05) is 6.92 Å². The molecule has 2 atom stereocenters. The maximum atomic E-state index is 11.0. The first kappa shape index (κ1) is 10.1. The molecule has 1 aliphatic rings. The summed E-state index contributed by atoms with van der Waals surface area (Å²) in [6.07, 6.45) is 0.504. The number of allylic oxidation sites excluding steroid dienone is 1. The van der Waals surface area contributed by atoms with Gasteiger partial charge in [0.25, 0.3) is 0 Å². The third-order valence-corrected chi connectivity index (χ3v) is 1.62. The van der Waals surface area contributed by atoms with Crippen LogP contribution < -0.4 is 5.32 Å². The maximum absolute atomic E-state index is 11.0. The van der Waals surface area contributed by atoms with Crippen LogP contribution in [0.2, 0.25) is 0 Å². The van der Waals surface area contributed by atoms with Gasteiger partial charge in [0.2, 0.25) is 0 Å². The summed E-state index contributed by atoms with van der Waals surface area (Å²) in [6, 6.07) is 0. The normalized spacial score (nSPS) is 21.8. The SMILES string of the molecule is C=C(C)NC(=O)OC(C)CC1CO1. The molecule has 1 saturated heterocycles. The van der Waals surface area contributed by atoms with Gasteiger partial charge < -0.3 is 9.47 Å². The molecule has 0 aromatic carbocycles. The van der Waals surface area contributed by atoms with Gasteiger partial charge in [-0.2, -0.15) is 0 Å². The molecular weight excluding hydrogens is 170 g/mol. The molecule has 1 fully saturated rings. The number of hydrogen-bond donors (Lipinski definition) is 1. The molecule has 0 saturated carbocycles. The van der Waals surface area contributed by atoms with Crippen LogP contribution in [0, 0.1) is 0 Å². The van der Waals surface area contributed by atoms with E-state index in [-0.39, 0.29) is 12.2 Å². The van der Waals surface area contributed by atoms with Gasteiger partial charge >= 0.3 is 6.09 Å². The molecule has 0 radical (unpaired) electrons. The van der Waals surface area contributed by atoms with E-state index in [0.717, 1.165) is 13.0 Å². The molecule has 1 rings (SSSR count). The van der Waals surface area contributed by atoms with Gasteiger partial charge in [0.05, 0.1) is 12.7 Å². The van der Waals surface area contributed by atoms with E-state index in [1.54, 1.807) is 6.92 Å². The Bertz CT molecular complexity index is 211. The highest BCUT2D eigenvalue weighted by Crippen LogP contribution is 2.16. The largest absolute Gasteiger partial charge is 0.446 e. The molecule has 13 heavy (non-hydrogen) atoms. The lowest BCUT2D eigenvalue weighted by Gasteiger charge is -2.12. The summed E-state index contributed by atoms with van der Waals surface area (Å²) in [5.74, 6) is 0. The topological polar surface area (TPSA) is 50.9 Å². The fourth-order valence-electron chi connectivity index (χ4n) is 1.01. The van der Waals surface area contributed by atoms with Crippen LogP contribution in [-0.2, 0) is 9.47 Å². The molecule has 0 bridgehead atoms. The van der Waals surface area contributed by atoms with Crippen LogP contribution in [-0.4, -0.2) is 24.9 Å². The van der Waals surface area contributed by atoms with Crippen LogP contribution in [0.15, 0.2) is 12.3 Å². The third kappa shape index (κ3) is 4.52. The van der Waals surface area contributed by atoms with Gasteiger partial charge in [-0.3, -0.25) is 5.32 Å². The van der Waals surface area contributed by atoms with Crippen molar-refractivity contribution >= 4 is 6.09 Å². The van der Waals surface area contributed by atoms with Crippen LogP contribution in [0.4, 0.5) is 4.79 Å². The summed E-state index contributed by atoms with van der Waals surface area (Å²) in [5, 5.41) is 2.47. The van der Waals surface area contributed by atoms with Gasteiger partial charge in [0.1, 0.15) is 6.10 Å². The monoisotopic (exact) mass is 185 g/mol. The fourth-order valence-corrected chi connectivity index (χ4v) is 1.01. The minimum Gasteiger partial charge on any atom is -0.446 e. The van der Waals surface area contributed by atoms with Crippen LogP contribution in [0.5, 0.6) is 0 Å². The summed E-state index contributed by atoms with van der Waals surface area (Å²) in [6.45, 7) is 7.88. The van der Waals surface area contributed by atoms with E-state index in [1.165, 1.54) is 0 Å². The lowest BCUT2D eigenvalue weighted by atomic mass is 10.2. The Morgan fingerprint density at radius 3 is 2.92 bits per heavy atom. The first-order valence-electron chi connectivity index (χ1n) is 4.32. The van der Waals surface area contributed by atoms with Crippen molar-refractivity contribution < 1.29 is 14.3 Å². The Balaban J connectivity index is 2.13. The summed E-state index contributed by atoms with van der Waals surface area (Å²) in [7, 11) is 0. The minimum absolute atomic E-state index is 0.105. The van der Waals surface area contributed by atoms with Crippen LogP contribution in [0.1, 0.15) is 20.3 Å². The van der Waals surface area contributed by atoms with Crippen molar-refractivity contribution in [2.45, 2.75) is 32.5 Å². The van der Waals surface area contributed by atoms with Crippen LogP contribution in [0.3, 0.4) is 0 Å². The van der Waals surface area contributed by atoms with Crippen molar-refractivity contribution in [2.24, 2.45) is 0 Å². The van der Waals surface area contributed by atoms with E-state index in [9.17, 15) is 4.79 Å². The van der Waals surface area contributed by atoms with Gasteiger partial charge in [-0.1, -0.05) is 6.58 Å². The highest BCUT2D eigenvalue weighted by atomic mass is 16.6. The molecule has 0 aliphatic carbocycles. The second-order valence-corrected chi connectivity index (χ2v) is 3.31. The molecule has 4 heteroatoms. The molecule has 0 aromatic rings. The highest BCUT2D eigenvalue weighted by molar-refractivity contribution is 5.69. The number of alkyl carbamates (subject to hydrolysis) is 1. The molecule has 2 unspecified atom stereocenters. The first-order valence-corrected chi connectivity index (χ1v) is 4.32. The van der Waals surface area contributed by atoms with Crippen molar-refractivity contribution in [3.05, 3.63) is 12.3 Å². The zero-order chi connectivity index (χ0) is 9.84. The first-order chi connectivity index (χ1) is 6.08. The Kier molecular flexibility index (Phi) is 3.31. The minimum atomic E-state index is -0.444. The summed E-state index contributed by atoms with van der Waals surface area (Å²) in [5.41, 5.74) is 0.583. The van der Waals surface area contributed by atoms with E-state index in [4.69, 9.17) is 9.47 Å². The van der Waals surface area contributed by atoms with Gasteiger partial charge in [-0.25, -0.2) is 4.79 Å². The van der Waals surface area contributed by atoms with Crippen molar-refractivity contribution in [1.29, 1.82) is 0 Å². The number of nitrogens with one attached hydrogen (secondary N) is 1. The zero-order valence-electron chi connectivity index (χ0n) is 8.00. The number of ether oxygens (including phenoxy) is 2. The van der Waals surface area contributed by atoms with E-state index < -0.39 is 6.09 Å². The summed E-state index contributed by atoms with van der Waals surface area (Å²) >= 11 is 0. The molecular formula is C9H15NO3. The Morgan fingerprint density at radius 2 is 2.46 bits per heavy atom. The molecule has 1 N–H and O–H groups in total. The van der Waals surface area contributed by atoms with Gasteiger partial charge in [0.15, 0.2) is 0 Å². The quantitative estimate of drug-likeness (QED) is 0.674. The third-order valence-electron chi connectivity index (χ3n) is 1.62. The lowest BCUT2D eigenvalue weighted by molar-refractivity contribution is 0.0998. The van der Waals surface area contributed by atoms with Crippen molar-refractivity contribution in [1.82, 2.24) is 5.32 Å². The molecule has 1 aliphatic heterocycles. The van der Waals surface area contributed by atoms with E-state index in [2.05, 4.69) is 11.9 Å². The molecule has 0 aromatic heterocycles. The fraction of sp³-hybridized carbons (Fsp3) is 0.667. The van der Waals surface area contributed by atoms with Crippen molar-refractivity contribution in [2.75, 3.05) is 6.61 Å². The Hall–Kier alpha value is -1.03. The van der Waals surface area contributed by atoms with Gasteiger partial charge in [-0.15, -0.1) is 0 Å². The van der Waals surface area contributed by atoms with Crippen LogP contribution >= 0.6 is 0 Å². The number of rotatable bonds is 4. The second-order valence-electron chi connectivity index (χ2n) is 3.31. The maximum Gasteiger partial charge on any atom is 0.411 e. The molecule has 0 spiro atoms. The zero-order valence-corrected chi connectivity index (χ0v) is 8.00. The highest BCUT2D eigenvalue weighted by Gasteiger charge is 2.26. The predicted molar refractivity (Wildman–Crippen MR) is 48.2 cm³/mol. The summed E-state index contributed by atoms with van der Waals surface area (Å²) < 4.78 is 10.0.